The van der Waals surface area contributed by atoms with E-state index in [1.807, 2.05) is 0 Å². The molecule has 186 valence electrons. The highest BCUT2D eigenvalue weighted by Crippen LogP contribution is 2.40. The Hall–Kier alpha value is -3.51. The van der Waals surface area contributed by atoms with Crippen LogP contribution in [-0.4, -0.2) is 22.7 Å². The van der Waals surface area contributed by atoms with E-state index < -0.39 is 26.0 Å². The van der Waals surface area contributed by atoms with Gasteiger partial charge in [-0.2, -0.15) is 24.5 Å². The van der Waals surface area contributed by atoms with Gasteiger partial charge in [-0.25, -0.2) is 0 Å². The van der Waals surface area contributed by atoms with E-state index in [0.717, 1.165) is 0 Å². The van der Waals surface area contributed by atoms with Crippen molar-refractivity contribution in [3.63, 3.8) is 0 Å². The number of carbonyl (C=O) groups excluding carboxylic acids is 1. The summed E-state index contributed by atoms with van der Waals surface area (Å²) in [5.41, 5.74) is -0.496. The quantitative estimate of drug-likeness (QED) is 0.292. The van der Waals surface area contributed by atoms with Gasteiger partial charge in [0.05, 0.1) is 27.4 Å². The predicted octanol–water partition coefficient (Wildman–Crippen LogP) is 5.23. The van der Waals surface area contributed by atoms with E-state index in [-0.39, 0.29) is 32.6 Å². The molecular weight excluding hydrogens is 549 g/mol. The number of hydrogen-bond acceptors (Lipinski definition) is 6. The maximum absolute atomic E-state index is 13.2. The van der Waals surface area contributed by atoms with Crippen LogP contribution in [0.3, 0.4) is 0 Å². The maximum Gasteiger partial charge on any atom is 0.291 e. The summed E-state index contributed by atoms with van der Waals surface area (Å²) in [6, 6.07) is 21.3. The van der Waals surface area contributed by atoms with Crippen LogP contribution in [0.5, 0.6) is 0 Å². The molecule has 0 bridgehead atoms. The van der Waals surface area contributed by atoms with Crippen molar-refractivity contribution in [2.24, 2.45) is 0 Å². The van der Waals surface area contributed by atoms with Crippen LogP contribution in [0.4, 0.5) is 17.1 Å². The number of anilines is 3. The van der Waals surface area contributed by atoms with Crippen molar-refractivity contribution >= 4 is 66.6 Å². The number of nitrogens with one attached hydrogen (secondary N) is 1. The standard InChI is InChI=1S/C23H17Cl2N3O6S2/c24-27(35(30,31)18-8-3-1-4-9-18)20-14-13-17(26-23(29)22-12-7-15-34-22)16-21(20)28(25)36(32,33)19-10-5-2-6-11-19/h1-16H,(H,26,29). The van der Waals surface area contributed by atoms with Crippen LogP contribution in [0.25, 0.3) is 0 Å². The molecule has 36 heavy (non-hydrogen) atoms. The summed E-state index contributed by atoms with van der Waals surface area (Å²) in [5, 5.41) is 2.54. The lowest BCUT2D eigenvalue weighted by Crippen LogP contribution is -2.26. The van der Waals surface area contributed by atoms with Crippen molar-refractivity contribution in [2.75, 3.05) is 13.0 Å². The largest absolute Gasteiger partial charge is 0.459 e. The Morgan fingerprint density at radius 3 is 1.72 bits per heavy atom. The van der Waals surface area contributed by atoms with Crippen molar-refractivity contribution < 1.29 is 26.0 Å². The summed E-state index contributed by atoms with van der Waals surface area (Å²) in [7, 11) is -8.67. The van der Waals surface area contributed by atoms with E-state index in [9.17, 15) is 21.6 Å². The van der Waals surface area contributed by atoms with Crippen LogP contribution < -0.4 is 13.0 Å². The van der Waals surface area contributed by atoms with Crippen LogP contribution >= 0.6 is 23.6 Å². The Morgan fingerprint density at radius 2 is 1.22 bits per heavy atom. The van der Waals surface area contributed by atoms with E-state index >= 15 is 0 Å². The second kappa shape index (κ2) is 10.2. The van der Waals surface area contributed by atoms with Crippen LogP contribution in [-0.2, 0) is 20.0 Å². The highest BCUT2D eigenvalue weighted by Gasteiger charge is 2.32. The van der Waals surface area contributed by atoms with Gasteiger partial charge in [-0.3, -0.25) is 4.79 Å². The number of benzene rings is 3. The van der Waals surface area contributed by atoms with Gasteiger partial charge in [0.2, 0.25) is 0 Å². The Morgan fingerprint density at radius 1 is 0.694 bits per heavy atom. The molecule has 0 radical (unpaired) electrons. The number of amides is 1. The molecule has 0 saturated heterocycles. The molecule has 4 rings (SSSR count). The SMILES string of the molecule is O=C(Nc1ccc(N(Cl)S(=O)(=O)c2ccccc2)c(N(Cl)S(=O)(=O)c2ccccc2)c1)c1ccco1. The van der Waals surface area contributed by atoms with Crippen molar-refractivity contribution in [3.05, 3.63) is 103 Å². The topological polar surface area (TPSA) is 117 Å². The monoisotopic (exact) mass is 565 g/mol. The van der Waals surface area contributed by atoms with Crippen LogP contribution in [0.1, 0.15) is 10.6 Å². The molecule has 1 N–H and O–H groups in total. The molecule has 9 nitrogen and oxygen atoms in total. The van der Waals surface area contributed by atoms with Gasteiger partial charge in [-0.15, -0.1) is 0 Å². The summed E-state index contributed by atoms with van der Waals surface area (Å²) in [4.78, 5) is 12.2. The first-order valence-corrected chi connectivity index (χ1v) is 13.7. The fraction of sp³-hybridized carbons (Fsp3) is 0. The molecule has 0 saturated carbocycles. The zero-order valence-corrected chi connectivity index (χ0v) is 21.3. The van der Waals surface area contributed by atoms with Crippen molar-refractivity contribution in [1.29, 1.82) is 0 Å². The predicted molar refractivity (Wildman–Crippen MR) is 137 cm³/mol. The van der Waals surface area contributed by atoms with Gasteiger partial charge in [0.15, 0.2) is 5.76 Å². The van der Waals surface area contributed by atoms with E-state index in [0.29, 0.717) is 7.65 Å². The molecule has 0 fully saturated rings. The Kier molecular flexibility index (Phi) is 7.27. The molecule has 0 spiro atoms. The van der Waals surface area contributed by atoms with Crippen molar-refractivity contribution in [1.82, 2.24) is 0 Å². The van der Waals surface area contributed by atoms with Crippen LogP contribution in [0, 0.1) is 0 Å². The molecule has 1 amide bonds. The van der Waals surface area contributed by atoms with Crippen molar-refractivity contribution in [2.45, 2.75) is 9.79 Å². The van der Waals surface area contributed by atoms with Gasteiger partial charge in [0, 0.05) is 29.2 Å². The molecule has 1 aromatic heterocycles. The minimum Gasteiger partial charge on any atom is -0.459 e. The highest BCUT2D eigenvalue weighted by atomic mass is 35.5. The lowest BCUT2D eigenvalue weighted by Gasteiger charge is -2.24. The number of nitrogens with zero attached hydrogens (tertiary/aromatic N) is 2. The highest BCUT2D eigenvalue weighted by molar-refractivity contribution is 7.94. The summed E-state index contributed by atoms with van der Waals surface area (Å²) in [5.74, 6) is -0.615. The number of furan rings is 1. The smallest absolute Gasteiger partial charge is 0.291 e. The van der Waals surface area contributed by atoms with Gasteiger partial charge < -0.3 is 9.73 Å². The minimum atomic E-state index is -4.36. The molecule has 0 aliphatic rings. The van der Waals surface area contributed by atoms with Gasteiger partial charge in [-0.05, 0) is 54.6 Å². The normalized spacial score (nSPS) is 11.6. The number of carbonyl (C=O) groups is 1. The molecule has 0 atom stereocenters. The third-order valence-electron chi connectivity index (χ3n) is 4.86. The first kappa shape index (κ1) is 25.6. The number of sulfonamides is 2. The zero-order valence-electron chi connectivity index (χ0n) is 18.2. The molecule has 0 aliphatic heterocycles. The molecule has 13 heteroatoms. The van der Waals surface area contributed by atoms with Crippen LogP contribution in [0.2, 0.25) is 0 Å². The summed E-state index contributed by atoms with van der Waals surface area (Å²) < 4.78 is 58.6. The third kappa shape index (κ3) is 5.05. The zero-order chi connectivity index (χ0) is 25.9. The molecule has 4 aromatic rings. The fourth-order valence-electron chi connectivity index (χ4n) is 3.12. The summed E-state index contributed by atoms with van der Waals surface area (Å²) in [6.07, 6.45) is 1.32. The number of hydrogen-bond donors (Lipinski definition) is 1. The van der Waals surface area contributed by atoms with E-state index in [1.165, 1.54) is 85.1 Å². The first-order chi connectivity index (χ1) is 17.1. The van der Waals surface area contributed by atoms with Gasteiger partial charge in [0.25, 0.3) is 26.0 Å². The molecule has 0 unspecified atom stereocenters. The number of rotatable bonds is 8. The second-order valence-corrected chi connectivity index (χ2v) is 11.9. The van der Waals surface area contributed by atoms with Crippen LogP contribution in [0.15, 0.2) is 111 Å². The average Bonchev–Trinajstić information content (AvgIpc) is 3.44. The lowest BCUT2D eigenvalue weighted by atomic mass is 10.2. The summed E-state index contributed by atoms with van der Waals surface area (Å²) >= 11 is 12.6. The van der Waals surface area contributed by atoms with E-state index in [4.69, 9.17) is 28.0 Å². The molecule has 3 aromatic carbocycles. The van der Waals surface area contributed by atoms with Gasteiger partial charge in [0.1, 0.15) is 0 Å². The summed E-state index contributed by atoms with van der Waals surface area (Å²) in [6.45, 7) is 0. The Bertz CT molecular complexity index is 1580. The first-order valence-electron chi connectivity index (χ1n) is 10.1. The Balaban J connectivity index is 1.81. The second-order valence-electron chi connectivity index (χ2n) is 7.20. The fourth-order valence-corrected chi connectivity index (χ4v) is 6.07. The maximum atomic E-state index is 13.2. The van der Waals surface area contributed by atoms with Gasteiger partial charge in [-0.1, -0.05) is 36.4 Å². The number of halogens is 2. The van der Waals surface area contributed by atoms with Gasteiger partial charge >= 0.3 is 0 Å². The van der Waals surface area contributed by atoms with Crippen molar-refractivity contribution in [3.8, 4) is 0 Å². The molecule has 1 heterocycles. The lowest BCUT2D eigenvalue weighted by molar-refractivity contribution is 0.0996. The van der Waals surface area contributed by atoms with E-state index in [2.05, 4.69) is 5.32 Å². The average molecular weight is 566 g/mol. The Labute approximate surface area is 217 Å². The minimum absolute atomic E-state index is 0.00545. The molecular formula is C23H17Cl2N3O6S2. The molecule has 0 aliphatic carbocycles. The van der Waals surface area contributed by atoms with E-state index in [1.54, 1.807) is 12.1 Å². The third-order valence-corrected chi connectivity index (χ3v) is 9.29.